The number of benzene rings is 1. The van der Waals surface area contributed by atoms with Gasteiger partial charge in [0.25, 0.3) is 0 Å². The van der Waals surface area contributed by atoms with E-state index in [0.717, 1.165) is 12.1 Å². The van der Waals surface area contributed by atoms with Crippen LogP contribution in [0, 0.1) is 15.9 Å². The summed E-state index contributed by atoms with van der Waals surface area (Å²) in [6.07, 6.45) is 2.88. The van der Waals surface area contributed by atoms with E-state index in [2.05, 4.69) is 10.0 Å². The molecule has 88 valence electrons. The van der Waals surface area contributed by atoms with Gasteiger partial charge in [0, 0.05) is 17.5 Å². The fourth-order valence-electron chi connectivity index (χ4n) is 1.08. The Kier molecular flexibility index (Phi) is 4.45. The van der Waals surface area contributed by atoms with Crippen LogP contribution in [0.4, 0.5) is 10.1 Å². The van der Waals surface area contributed by atoms with Gasteiger partial charge in [-0.2, -0.15) is 4.39 Å². The molecule has 0 bridgehead atoms. The van der Waals surface area contributed by atoms with Gasteiger partial charge in [0.2, 0.25) is 5.82 Å². The summed E-state index contributed by atoms with van der Waals surface area (Å²) in [5, 5.41) is 13.7. The van der Waals surface area contributed by atoms with Crippen LogP contribution in [0.3, 0.4) is 0 Å². The van der Waals surface area contributed by atoms with Crippen molar-refractivity contribution in [3.05, 3.63) is 55.2 Å². The molecule has 0 aliphatic heterocycles. The zero-order chi connectivity index (χ0) is 12.8. The standard InChI is InChI=1S/C9H6ClFN4O2/c10-7-5-9(15(16)17)8(11)4-6(7)2-1-3-13-14-12/h1-2,4-5H,3H2. The molecular weight excluding hydrogens is 251 g/mol. The van der Waals surface area contributed by atoms with E-state index in [1.54, 1.807) is 0 Å². The Hall–Kier alpha value is -2.11. The number of halogens is 2. The summed E-state index contributed by atoms with van der Waals surface area (Å²) in [4.78, 5) is 12.1. The second kappa shape index (κ2) is 5.83. The Balaban J connectivity index is 3.03. The molecular formula is C9H6ClFN4O2. The van der Waals surface area contributed by atoms with Crippen LogP contribution in [0.15, 0.2) is 23.3 Å². The van der Waals surface area contributed by atoms with Crippen molar-refractivity contribution in [2.24, 2.45) is 5.11 Å². The predicted octanol–water partition coefficient (Wildman–Crippen LogP) is 3.71. The van der Waals surface area contributed by atoms with Gasteiger partial charge in [-0.25, -0.2) is 0 Å². The highest BCUT2D eigenvalue weighted by Crippen LogP contribution is 2.26. The maximum absolute atomic E-state index is 13.2. The molecule has 0 amide bonds. The van der Waals surface area contributed by atoms with Gasteiger partial charge in [-0.15, -0.1) is 0 Å². The number of hydrogen-bond acceptors (Lipinski definition) is 3. The first-order chi connectivity index (χ1) is 8.06. The fourth-order valence-corrected chi connectivity index (χ4v) is 1.30. The lowest BCUT2D eigenvalue weighted by molar-refractivity contribution is -0.387. The molecule has 0 aliphatic carbocycles. The fraction of sp³-hybridized carbons (Fsp3) is 0.111. The molecule has 0 aromatic heterocycles. The Bertz CT molecular complexity index is 526. The summed E-state index contributed by atoms with van der Waals surface area (Å²) >= 11 is 5.73. The summed E-state index contributed by atoms with van der Waals surface area (Å²) < 4.78 is 13.2. The van der Waals surface area contributed by atoms with E-state index in [-0.39, 0.29) is 17.1 Å². The molecule has 17 heavy (non-hydrogen) atoms. The summed E-state index contributed by atoms with van der Waals surface area (Å²) in [5.74, 6) is -0.970. The summed E-state index contributed by atoms with van der Waals surface area (Å²) in [5.41, 5.74) is 7.62. The van der Waals surface area contributed by atoms with Crippen LogP contribution in [-0.2, 0) is 0 Å². The minimum Gasteiger partial charge on any atom is -0.258 e. The van der Waals surface area contributed by atoms with Gasteiger partial charge in [-0.3, -0.25) is 10.1 Å². The van der Waals surface area contributed by atoms with E-state index in [9.17, 15) is 14.5 Å². The third-order valence-corrected chi connectivity index (χ3v) is 2.14. The maximum Gasteiger partial charge on any atom is 0.306 e. The molecule has 0 fully saturated rings. The van der Waals surface area contributed by atoms with Crippen molar-refractivity contribution in [3.8, 4) is 0 Å². The first-order valence-electron chi connectivity index (χ1n) is 4.37. The average Bonchev–Trinajstić information content (AvgIpc) is 2.28. The molecule has 0 atom stereocenters. The van der Waals surface area contributed by atoms with Crippen molar-refractivity contribution in [3.63, 3.8) is 0 Å². The zero-order valence-electron chi connectivity index (χ0n) is 8.38. The van der Waals surface area contributed by atoms with Crippen LogP contribution in [-0.4, -0.2) is 11.5 Å². The number of nitrogens with zero attached hydrogens (tertiary/aromatic N) is 4. The highest BCUT2D eigenvalue weighted by Gasteiger charge is 2.16. The zero-order valence-corrected chi connectivity index (χ0v) is 9.13. The van der Waals surface area contributed by atoms with Crippen LogP contribution in [0.1, 0.15) is 5.56 Å². The van der Waals surface area contributed by atoms with Crippen LogP contribution in [0.2, 0.25) is 5.02 Å². The van der Waals surface area contributed by atoms with Crippen molar-refractivity contribution in [2.75, 3.05) is 6.54 Å². The highest BCUT2D eigenvalue weighted by molar-refractivity contribution is 6.32. The molecule has 0 saturated heterocycles. The lowest BCUT2D eigenvalue weighted by Crippen LogP contribution is -1.93. The minimum atomic E-state index is -0.970. The topological polar surface area (TPSA) is 91.9 Å². The van der Waals surface area contributed by atoms with Crippen molar-refractivity contribution < 1.29 is 9.31 Å². The molecule has 0 aliphatic rings. The summed E-state index contributed by atoms with van der Waals surface area (Å²) in [6, 6.07) is 1.89. The Labute approximate surface area is 100 Å². The van der Waals surface area contributed by atoms with Gasteiger partial charge in [-0.1, -0.05) is 28.9 Å². The van der Waals surface area contributed by atoms with Crippen LogP contribution >= 0.6 is 11.6 Å². The second-order valence-electron chi connectivity index (χ2n) is 2.90. The van der Waals surface area contributed by atoms with Crippen molar-refractivity contribution in [1.82, 2.24) is 0 Å². The first-order valence-corrected chi connectivity index (χ1v) is 4.75. The number of nitro groups is 1. The third kappa shape index (κ3) is 3.44. The van der Waals surface area contributed by atoms with Gasteiger partial charge in [0.05, 0.1) is 9.95 Å². The number of azide groups is 1. The van der Waals surface area contributed by atoms with Crippen molar-refractivity contribution in [1.29, 1.82) is 0 Å². The number of rotatable bonds is 4. The molecule has 0 unspecified atom stereocenters. The summed E-state index contributed by atoms with van der Waals surface area (Å²) in [7, 11) is 0. The third-order valence-electron chi connectivity index (χ3n) is 1.81. The quantitative estimate of drug-likeness (QED) is 0.270. The largest absolute Gasteiger partial charge is 0.306 e. The van der Waals surface area contributed by atoms with E-state index in [4.69, 9.17) is 17.1 Å². The summed E-state index contributed by atoms with van der Waals surface area (Å²) in [6.45, 7) is 0.0887. The first kappa shape index (κ1) is 13.0. The molecule has 1 aromatic rings. The molecule has 0 heterocycles. The lowest BCUT2D eigenvalue weighted by Gasteiger charge is -1.99. The molecule has 0 saturated carbocycles. The maximum atomic E-state index is 13.2. The van der Waals surface area contributed by atoms with Crippen molar-refractivity contribution >= 4 is 23.4 Å². The van der Waals surface area contributed by atoms with Crippen LogP contribution in [0.25, 0.3) is 16.5 Å². The number of nitro benzene ring substituents is 1. The van der Waals surface area contributed by atoms with Gasteiger partial charge < -0.3 is 0 Å². The van der Waals surface area contributed by atoms with E-state index in [0.29, 0.717) is 0 Å². The molecule has 0 N–H and O–H groups in total. The van der Waals surface area contributed by atoms with Gasteiger partial charge in [-0.05, 0) is 17.2 Å². The van der Waals surface area contributed by atoms with Crippen LogP contribution in [0.5, 0.6) is 0 Å². The molecule has 0 radical (unpaired) electrons. The SMILES string of the molecule is [N-]=[N+]=NCC=Cc1cc(F)c([N+](=O)[O-])cc1Cl. The van der Waals surface area contributed by atoms with Gasteiger partial charge >= 0.3 is 5.69 Å². The normalized spacial score (nSPS) is 10.2. The predicted molar refractivity (Wildman–Crippen MR) is 61.1 cm³/mol. The Morgan fingerprint density at radius 1 is 1.65 bits per heavy atom. The Morgan fingerprint density at radius 3 is 2.94 bits per heavy atom. The highest BCUT2D eigenvalue weighted by atomic mass is 35.5. The van der Waals surface area contributed by atoms with Crippen LogP contribution < -0.4 is 0 Å². The monoisotopic (exact) mass is 256 g/mol. The molecule has 1 rings (SSSR count). The lowest BCUT2D eigenvalue weighted by atomic mass is 10.2. The molecule has 8 heteroatoms. The van der Waals surface area contributed by atoms with E-state index >= 15 is 0 Å². The average molecular weight is 257 g/mol. The molecule has 0 spiro atoms. The van der Waals surface area contributed by atoms with Gasteiger partial charge in [0.15, 0.2) is 0 Å². The number of hydrogen-bond donors (Lipinski definition) is 0. The molecule has 1 aromatic carbocycles. The second-order valence-corrected chi connectivity index (χ2v) is 3.31. The van der Waals surface area contributed by atoms with E-state index in [1.807, 2.05) is 0 Å². The van der Waals surface area contributed by atoms with E-state index in [1.165, 1.54) is 12.2 Å². The minimum absolute atomic E-state index is 0.0512. The smallest absolute Gasteiger partial charge is 0.258 e. The van der Waals surface area contributed by atoms with Crippen molar-refractivity contribution in [2.45, 2.75) is 0 Å². The van der Waals surface area contributed by atoms with Gasteiger partial charge in [0.1, 0.15) is 0 Å². The van der Waals surface area contributed by atoms with E-state index < -0.39 is 16.4 Å². The molecule has 6 nitrogen and oxygen atoms in total. The Morgan fingerprint density at radius 2 is 2.35 bits per heavy atom.